The van der Waals surface area contributed by atoms with E-state index >= 15 is 0 Å². The van der Waals surface area contributed by atoms with Crippen molar-refractivity contribution in [2.24, 2.45) is 0 Å². The van der Waals surface area contributed by atoms with Crippen LogP contribution < -0.4 is 0 Å². The molecule has 51 heavy (non-hydrogen) atoms. The van der Waals surface area contributed by atoms with Gasteiger partial charge in [0.15, 0.2) is 0 Å². The molecule has 0 aliphatic carbocycles. The second-order valence-corrected chi connectivity index (χ2v) is 39.0. The van der Waals surface area contributed by atoms with E-state index in [9.17, 15) is 0 Å². The molecule has 0 aliphatic rings. The Bertz CT molecular complexity index is 2460. The molecule has 0 aromatic heterocycles. The molecule has 0 saturated heterocycles. The molecule has 0 spiro atoms. The van der Waals surface area contributed by atoms with Gasteiger partial charge in [-0.25, -0.2) is 0 Å². The van der Waals surface area contributed by atoms with Crippen LogP contribution in [0.1, 0.15) is 58.2 Å². The number of benzene rings is 6. The van der Waals surface area contributed by atoms with Gasteiger partial charge in [0, 0.05) is 0 Å². The molecule has 0 saturated carbocycles. The van der Waals surface area contributed by atoms with Crippen LogP contribution in [0.5, 0.6) is 0 Å². The number of halogens is 2. The van der Waals surface area contributed by atoms with Crippen LogP contribution in [0.15, 0.2) is 127 Å². The zero-order valence-electron chi connectivity index (χ0n) is 31.4. The van der Waals surface area contributed by atoms with E-state index in [1.54, 1.807) is 0 Å². The fourth-order valence-corrected chi connectivity index (χ4v) is 6.90. The second kappa shape index (κ2) is 15.2. The van der Waals surface area contributed by atoms with Gasteiger partial charge in [0.05, 0.1) is 0 Å². The van der Waals surface area contributed by atoms with Crippen molar-refractivity contribution in [3.63, 3.8) is 0 Å². The molecule has 0 aliphatic heterocycles. The minimum absolute atomic E-state index is 0.203. The minimum atomic E-state index is -1.65. The molecular formula is C47H48Cl2SiZr-2. The predicted octanol–water partition coefficient (Wildman–Crippen LogP) is 15.3. The first-order valence-electron chi connectivity index (χ1n) is 17.8. The average molecular weight is 803 g/mol. The summed E-state index contributed by atoms with van der Waals surface area (Å²) < 4.78 is 0. The van der Waals surface area contributed by atoms with Crippen molar-refractivity contribution in [3.05, 3.63) is 144 Å². The zero-order chi connectivity index (χ0) is 36.7. The SMILES string of the molecule is CC(C)(C)c1ccc2c(c1)[cH-]c1cc(C(C)(C)C)ccc12.C[Si](C)=[Zr]([Cl])[Cl].Cc1c[cH-]c2cccc(-c3cc4ccccc4c4ccccc34)c12. The van der Waals surface area contributed by atoms with Crippen molar-refractivity contribution in [1.29, 1.82) is 0 Å². The third-order valence-electron chi connectivity index (χ3n) is 9.88. The van der Waals surface area contributed by atoms with Crippen molar-refractivity contribution >= 4 is 76.3 Å². The quantitative estimate of drug-likeness (QED) is 0.0881. The number of rotatable bonds is 1. The summed E-state index contributed by atoms with van der Waals surface area (Å²) in [4.78, 5) is 0. The first-order chi connectivity index (χ1) is 24.1. The maximum atomic E-state index is 5.62. The summed E-state index contributed by atoms with van der Waals surface area (Å²) in [5, 5.41) is 13.4. The van der Waals surface area contributed by atoms with E-state index in [1.165, 1.54) is 81.7 Å². The summed E-state index contributed by atoms with van der Waals surface area (Å²) in [6.07, 6.45) is 0. The van der Waals surface area contributed by atoms with Crippen LogP contribution in [0, 0.1) is 6.92 Å². The van der Waals surface area contributed by atoms with E-state index in [0.29, 0.717) is 0 Å². The van der Waals surface area contributed by atoms with Gasteiger partial charge in [0.2, 0.25) is 0 Å². The van der Waals surface area contributed by atoms with Crippen molar-refractivity contribution in [3.8, 4) is 11.1 Å². The second-order valence-electron chi connectivity index (χ2n) is 16.0. The average Bonchev–Trinajstić information content (AvgIpc) is 3.67. The smallest absolute Gasteiger partial charge is 0.00995 e. The van der Waals surface area contributed by atoms with E-state index in [-0.39, 0.29) is 16.3 Å². The first-order valence-corrected chi connectivity index (χ1v) is 30.3. The Morgan fingerprint density at radius 2 is 1.08 bits per heavy atom. The van der Waals surface area contributed by atoms with Crippen LogP contribution in [-0.2, 0) is 28.8 Å². The maximum Gasteiger partial charge on any atom is -0.00995 e. The van der Waals surface area contributed by atoms with Gasteiger partial charge in [0.1, 0.15) is 0 Å². The van der Waals surface area contributed by atoms with Crippen molar-refractivity contribution in [1.82, 2.24) is 0 Å². The Morgan fingerprint density at radius 1 is 0.549 bits per heavy atom. The van der Waals surface area contributed by atoms with Gasteiger partial charge in [-0.2, -0.15) is 11.6 Å². The predicted molar refractivity (Wildman–Crippen MR) is 228 cm³/mol. The monoisotopic (exact) mass is 800 g/mol. The number of fused-ring (bicyclic) bond motifs is 7. The largest absolute Gasteiger partial charge is 0.156 e. The normalized spacial score (nSPS) is 11.8. The molecule has 0 bridgehead atoms. The Morgan fingerprint density at radius 3 is 1.63 bits per heavy atom. The molecule has 8 aromatic carbocycles. The van der Waals surface area contributed by atoms with Gasteiger partial charge in [-0.3, -0.25) is 0 Å². The summed E-state index contributed by atoms with van der Waals surface area (Å²) in [7, 11) is 11.2. The summed E-state index contributed by atoms with van der Waals surface area (Å²) in [5.41, 5.74) is 6.99. The molecule has 260 valence electrons. The topological polar surface area (TPSA) is 0 Å². The Kier molecular flexibility index (Phi) is 11.2. The summed E-state index contributed by atoms with van der Waals surface area (Å²) in [5.74, 6) is 0. The van der Waals surface area contributed by atoms with Gasteiger partial charge in [0.25, 0.3) is 0 Å². The molecule has 0 atom stereocenters. The van der Waals surface area contributed by atoms with Crippen molar-refractivity contribution < 1.29 is 18.0 Å². The third-order valence-corrected chi connectivity index (χ3v) is 29.6. The van der Waals surface area contributed by atoms with Crippen LogP contribution >= 0.6 is 17.0 Å². The maximum absolute atomic E-state index is 5.62. The van der Waals surface area contributed by atoms with Crippen LogP contribution in [0.25, 0.3) is 65.0 Å². The molecule has 0 heterocycles. The fraction of sp³-hybridized carbons (Fsp3) is 0.234. The van der Waals surface area contributed by atoms with Crippen molar-refractivity contribution in [2.45, 2.75) is 72.4 Å². The van der Waals surface area contributed by atoms with Gasteiger partial charge >= 0.3 is 53.5 Å². The minimum Gasteiger partial charge on any atom is -0.156 e. The molecule has 0 unspecified atom stereocenters. The van der Waals surface area contributed by atoms with Crippen LogP contribution in [0.3, 0.4) is 0 Å². The first kappa shape index (κ1) is 37.7. The van der Waals surface area contributed by atoms with Gasteiger partial charge in [-0.05, 0) is 44.0 Å². The number of aryl methyl sites for hydroxylation is 1. The van der Waals surface area contributed by atoms with Crippen LogP contribution in [0.2, 0.25) is 13.1 Å². The standard InChI is InChI=1S/C24H17.C21H25.C2H6Si.2ClH.Zr/c1-16-13-14-17-8-6-12-22(24(16)17)23-15-18-7-2-3-9-19(18)20-10-4-5-11-21(20)23;1-20(2,3)16-7-9-18-14(12-16)11-15-13-17(21(4,5)6)8-10-19(15)18;1-3-2;;;/h2-15H,1H3;7-13H,1-6H3;1-2H3;2*1H;/q2*-1;;;;+2/p-2. The Hall–Kier alpha value is -3.00. The summed E-state index contributed by atoms with van der Waals surface area (Å²) in [6, 6.07) is 47.0. The number of hydrogen-bond acceptors (Lipinski definition) is 0. The summed E-state index contributed by atoms with van der Waals surface area (Å²) in [6.45, 7) is 20.2. The molecule has 0 nitrogen and oxygen atoms in total. The fourth-order valence-electron chi connectivity index (χ4n) is 6.90. The zero-order valence-corrected chi connectivity index (χ0v) is 36.4. The van der Waals surface area contributed by atoms with Crippen LogP contribution in [0.4, 0.5) is 0 Å². The molecule has 8 aromatic rings. The van der Waals surface area contributed by atoms with E-state index in [1.807, 2.05) is 0 Å². The van der Waals surface area contributed by atoms with E-state index in [4.69, 9.17) is 17.0 Å². The van der Waals surface area contributed by atoms with E-state index in [2.05, 4.69) is 189 Å². The van der Waals surface area contributed by atoms with Crippen molar-refractivity contribution in [2.75, 3.05) is 0 Å². The number of hydrogen-bond donors (Lipinski definition) is 0. The van der Waals surface area contributed by atoms with E-state index < -0.39 is 18.0 Å². The summed E-state index contributed by atoms with van der Waals surface area (Å²) >= 11 is -1.65. The molecular weight excluding hydrogens is 755 g/mol. The van der Waals surface area contributed by atoms with Gasteiger partial charge < -0.3 is 0 Å². The molecule has 0 fully saturated rings. The molecule has 0 N–H and O–H groups in total. The van der Waals surface area contributed by atoms with E-state index in [0.717, 1.165) is 0 Å². The van der Waals surface area contributed by atoms with Gasteiger partial charge in [-0.1, -0.05) is 144 Å². The van der Waals surface area contributed by atoms with Crippen LogP contribution in [-0.4, -0.2) is 5.43 Å². The molecule has 0 amide bonds. The third kappa shape index (κ3) is 8.16. The Balaban J connectivity index is 0.000000153. The molecule has 8 rings (SSSR count). The molecule has 0 radical (unpaired) electrons. The van der Waals surface area contributed by atoms with Gasteiger partial charge in [-0.15, -0.1) is 68.7 Å². The molecule has 4 heteroatoms. The Labute approximate surface area is 319 Å².